The zero-order chi connectivity index (χ0) is 14.1. The van der Waals surface area contributed by atoms with Gasteiger partial charge in [0, 0.05) is 44.6 Å². The van der Waals surface area contributed by atoms with Gasteiger partial charge in [-0.25, -0.2) is 9.37 Å². The van der Waals surface area contributed by atoms with Crippen LogP contribution >= 0.6 is 0 Å². The number of pyridine rings is 2. The summed E-state index contributed by atoms with van der Waals surface area (Å²) in [6.45, 7) is 6.66. The van der Waals surface area contributed by atoms with Crippen LogP contribution in [0.2, 0.25) is 0 Å². The van der Waals surface area contributed by atoms with Crippen molar-refractivity contribution >= 4 is 23.1 Å². The Hall–Kier alpha value is -2.21. The second-order valence-corrected chi connectivity index (χ2v) is 4.67. The normalized spacial score (nSPS) is 15.6. The van der Waals surface area contributed by atoms with Gasteiger partial charge in [0.1, 0.15) is 0 Å². The molecule has 0 saturated carbocycles. The van der Waals surface area contributed by atoms with Crippen molar-refractivity contribution in [3.8, 4) is 0 Å². The third-order valence-electron chi connectivity index (χ3n) is 3.45. The highest BCUT2D eigenvalue weighted by Gasteiger charge is 2.18. The molecule has 1 aliphatic rings. The first-order valence-electron chi connectivity index (χ1n) is 6.50. The van der Waals surface area contributed by atoms with Crippen LogP contribution in [0.5, 0.6) is 0 Å². The van der Waals surface area contributed by atoms with Gasteiger partial charge in [0.2, 0.25) is 0 Å². The van der Waals surface area contributed by atoms with Gasteiger partial charge in [0.15, 0.2) is 22.7 Å². The third kappa shape index (κ3) is 2.08. The molecule has 2 aromatic rings. The molecule has 0 aliphatic carbocycles. The van der Waals surface area contributed by atoms with Crippen LogP contribution in [0.15, 0.2) is 29.7 Å². The standard InChI is InChI=1S/C14H15FN4O/c1-2-18-6-3-12(20)10-9-11(15)14(17-13(10)18)19-7-4-16-5-8-19/h2-3,6,9,16H,1,4-5,7-8H2. The minimum atomic E-state index is -0.460. The number of aromatic nitrogens is 2. The first-order chi connectivity index (χ1) is 9.70. The van der Waals surface area contributed by atoms with Crippen molar-refractivity contribution in [3.05, 3.63) is 40.9 Å². The van der Waals surface area contributed by atoms with E-state index in [2.05, 4.69) is 16.9 Å². The average Bonchev–Trinajstić information content (AvgIpc) is 2.49. The van der Waals surface area contributed by atoms with E-state index < -0.39 is 5.82 Å². The number of nitrogens with zero attached hydrogens (tertiary/aromatic N) is 3. The van der Waals surface area contributed by atoms with E-state index in [1.165, 1.54) is 12.1 Å². The third-order valence-corrected chi connectivity index (χ3v) is 3.45. The molecule has 5 nitrogen and oxygen atoms in total. The van der Waals surface area contributed by atoms with E-state index in [4.69, 9.17) is 0 Å². The number of nitrogens with one attached hydrogen (secondary N) is 1. The molecule has 0 spiro atoms. The number of fused-ring (bicyclic) bond motifs is 1. The molecule has 3 heterocycles. The maximum atomic E-state index is 14.2. The van der Waals surface area contributed by atoms with E-state index in [0.29, 0.717) is 24.6 Å². The van der Waals surface area contributed by atoms with E-state index in [9.17, 15) is 9.18 Å². The predicted molar refractivity (Wildman–Crippen MR) is 77.4 cm³/mol. The minimum absolute atomic E-state index is 0.239. The molecule has 2 aromatic heterocycles. The molecule has 3 rings (SSSR count). The second kappa shape index (κ2) is 5.05. The summed E-state index contributed by atoms with van der Waals surface area (Å²) in [5.41, 5.74) is 0.193. The lowest BCUT2D eigenvalue weighted by Gasteiger charge is -2.28. The summed E-state index contributed by atoms with van der Waals surface area (Å²) in [6.07, 6.45) is 3.14. The van der Waals surface area contributed by atoms with Gasteiger partial charge in [-0.15, -0.1) is 0 Å². The van der Waals surface area contributed by atoms with E-state index >= 15 is 0 Å². The van der Waals surface area contributed by atoms with Crippen LogP contribution in [-0.4, -0.2) is 35.7 Å². The Balaban J connectivity index is 2.21. The molecule has 0 amide bonds. The molecule has 1 N–H and O–H groups in total. The molecule has 6 heteroatoms. The Bertz CT molecular complexity index is 719. The summed E-state index contributed by atoms with van der Waals surface area (Å²) < 4.78 is 15.8. The molecular weight excluding hydrogens is 259 g/mol. The van der Waals surface area contributed by atoms with E-state index in [-0.39, 0.29) is 10.8 Å². The maximum Gasteiger partial charge on any atom is 0.191 e. The second-order valence-electron chi connectivity index (χ2n) is 4.67. The van der Waals surface area contributed by atoms with Crippen LogP contribution in [0.25, 0.3) is 17.2 Å². The van der Waals surface area contributed by atoms with Gasteiger partial charge in [-0.1, -0.05) is 6.58 Å². The molecular formula is C14H15FN4O. The number of anilines is 1. The SMILES string of the molecule is C=Cn1ccc(=O)c2cc(F)c(N3CCNCC3)nc21. The maximum absolute atomic E-state index is 14.2. The van der Waals surface area contributed by atoms with Crippen molar-refractivity contribution in [2.24, 2.45) is 0 Å². The van der Waals surface area contributed by atoms with Gasteiger partial charge in [0.25, 0.3) is 0 Å². The molecule has 0 aromatic carbocycles. The molecule has 0 radical (unpaired) electrons. The largest absolute Gasteiger partial charge is 0.352 e. The molecule has 20 heavy (non-hydrogen) atoms. The van der Waals surface area contributed by atoms with Crippen molar-refractivity contribution in [1.29, 1.82) is 0 Å². The van der Waals surface area contributed by atoms with Crippen molar-refractivity contribution in [2.75, 3.05) is 31.1 Å². The lowest BCUT2D eigenvalue weighted by Crippen LogP contribution is -2.44. The average molecular weight is 274 g/mol. The smallest absolute Gasteiger partial charge is 0.191 e. The fourth-order valence-corrected chi connectivity index (χ4v) is 2.40. The summed E-state index contributed by atoms with van der Waals surface area (Å²) in [6, 6.07) is 2.65. The van der Waals surface area contributed by atoms with Crippen LogP contribution in [0.4, 0.5) is 10.2 Å². The summed E-state index contributed by atoms with van der Waals surface area (Å²) >= 11 is 0. The van der Waals surface area contributed by atoms with Crippen LogP contribution in [-0.2, 0) is 0 Å². The topological polar surface area (TPSA) is 50.2 Å². The highest BCUT2D eigenvalue weighted by atomic mass is 19.1. The fourth-order valence-electron chi connectivity index (χ4n) is 2.40. The summed E-state index contributed by atoms with van der Waals surface area (Å²) in [7, 11) is 0. The predicted octanol–water partition coefficient (Wildman–Crippen LogP) is 1.05. The first-order valence-corrected chi connectivity index (χ1v) is 6.50. The van der Waals surface area contributed by atoms with Gasteiger partial charge < -0.3 is 14.8 Å². The number of hydrogen-bond donors (Lipinski definition) is 1. The number of rotatable bonds is 2. The van der Waals surface area contributed by atoms with Gasteiger partial charge in [-0.2, -0.15) is 0 Å². The molecule has 1 fully saturated rings. The zero-order valence-corrected chi connectivity index (χ0v) is 11.0. The Labute approximate surface area is 115 Å². The first kappa shape index (κ1) is 12.8. The molecule has 104 valence electrons. The molecule has 1 aliphatic heterocycles. The van der Waals surface area contributed by atoms with Crippen LogP contribution in [0.1, 0.15) is 0 Å². The monoisotopic (exact) mass is 274 g/mol. The quantitative estimate of drug-likeness (QED) is 0.889. The summed E-state index contributed by atoms with van der Waals surface area (Å²) in [5.74, 6) is -0.168. The lowest BCUT2D eigenvalue weighted by atomic mass is 10.2. The van der Waals surface area contributed by atoms with Crippen molar-refractivity contribution in [3.63, 3.8) is 0 Å². The fraction of sp³-hybridized carbons (Fsp3) is 0.286. The van der Waals surface area contributed by atoms with E-state index in [1.807, 2.05) is 4.90 Å². The van der Waals surface area contributed by atoms with Crippen molar-refractivity contribution in [1.82, 2.24) is 14.9 Å². The van der Waals surface area contributed by atoms with Crippen LogP contribution in [0.3, 0.4) is 0 Å². The molecule has 0 atom stereocenters. The molecule has 1 saturated heterocycles. The Morgan fingerprint density at radius 3 is 2.85 bits per heavy atom. The van der Waals surface area contributed by atoms with Crippen LogP contribution < -0.4 is 15.6 Å². The summed E-state index contributed by atoms with van der Waals surface area (Å²) in [4.78, 5) is 18.0. The van der Waals surface area contributed by atoms with E-state index in [1.54, 1.807) is 17.0 Å². The number of hydrogen-bond acceptors (Lipinski definition) is 4. The Morgan fingerprint density at radius 2 is 2.15 bits per heavy atom. The molecule has 0 bridgehead atoms. The lowest BCUT2D eigenvalue weighted by molar-refractivity contribution is 0.560. The summed E-state index contributed by atoms with van der Waals surface area (Å²) in [5, 5.41) is 3.48. The van der Waals surface area contributed by atoms with Crippen LogP contribution in [0, 0.1) is 5.82 Å². The zero-order valence-electron chi connectivity index (χ0n) is 11.0. The highest BCUT2D eigenvalue weighted by Crippen LogP contribution is 2.21. The number of halogens is 1. The number of piperazine rings is 1. The van der Waals surface area contributed by atoms with Gasteiger partial charge in [-0.3, -0.25) is 4.79 Å². The van der Waals surface area contributed by atoms with E-state index in [0.717, 1.165) is 13.1 Å². The van der Waals surface area contributed by atoms with Gasteiger partial charge >= 0.3 is 0 Å². The van der Waals surface area contributed by atoms with Gasteiger partial charge in [-0.05, 0) is 6.07 Å². The molecule has 0 unspecified atom stereocenters. The highest BCUT2D eigenvalue weighted by molar-refractivity contribution is 5.78. The Morgan fingerprint density at radius 1 is 1.40 bits per heavy atom. The van der Waals surface area contributed by atoms with Crippen molar-refractivity contribution in [2.45, 2.75) is 0 Å². The Kier molecular flexibility index (Phi) is 3.23. The van der Waals surface area contributed by atoms with Gasteiger partial charge in [0.05, 0.1) is 5.39 Å². The van der Waals surface area contributed by atoms with Crippen molar-refractivity contribution < 1.29 is 4.39 Å². The minimum Gasteiger partial charge on any atom is -0.352 e.